The van der Waals surface area contributed by atoms with Gasteiger partial charge in [-0.1, -0.05) is 6.92 Å². The Morgan fingerprint density at radius 2 is 1.08 bits per heavy atom. The molecule has 25 heavy (non-hydrogen) atoms. The zero-order valence-corrected chi connectivity index (χ0v) is 14.2. The summed E-state index contributed by atoms with van der Waals surface area (Å²) in [7, 11) is 0. The molecule has 0 heterocycles. The van der Waals surface area contributed by atoms with Crippen molar-refractivity contribution in [3.05, 3.63) is 72.8 Å². The Morgan fingerprint density at radius 1 is 0.680 bits per heavy atom. The average molecular weight is 334 g/mol. The molecule has 0 bridgehead atoms. The van der Waals surface area contributed by atoms with Crippen LogP contribution in [-0.4, -0.2) is 11.7 Å². The molecule has 0 aromatic heterocycles. The smallest absolute Gasteiger partial charge is 0.119 e. The number of ether oxygens (including phenoxy) is 1. The number of phenols is 1. The van der Waals surface area contributed by atoms with Gasteiger partial charge >= 0.3 is 0 Å². The Morgan fingerprint density at radius 3 is 1.52 bits per heavy atom. The first kappa shape index (κ1) is 16.7. The summed E-state index contributed by atoms with van der Waals surface area (Å²) in [4.78, 5) is 0. The fraction of sp³-hybridized carbons (Fsp3) is 0.143. The molecular formula is C21H22N2O2. The maximum atomic E-state index is 9.32. The van der Waals surface area contributed by atoms with Crippen LogP contribution >= 0.6 is 0 Å². The van der Waals surface area contributed by atoms with Crippen molar-refractivity contribution in [2.45, 2.75) is 13.3 Å². The maximum absolute atomic E-state index is 9.32. The highest BCUT2D eigenvalue weighted by atomic mass is 16.5. The van der Waals surface area contributed by atoms with Gasteiger partial charge in [-0.2, -0.15) is 0 Å². The van der Waals surface area contributed by atoms with Crippen LogP contribution in [0.1, 0.15) is 13.3 Å². The molecule has 0 amide bonds. The minimum Gasteiger partial charge on any atom is -0.508 e. The summed E-state index contributed by atoms with van der Waals surface area (Å²) in [6, 6.07) is 23.0. The van der Waals surface area contributed by atoms with Gasteiger partial charge in [-0.05, 0) is 79.2 Å². The van der Waals surface area contributed by atoms with Gasteiger partial charge in [-0.3, -0.25) is 0 Å². The number of anilines is 4. The predicted octanol–water partition coefficient (Wildman–Crippen LogP) is 5.67. The molecule has 0 fully saturated rings. The number of hydrogen-bond acceptors (Lipinski definition) is 4. The van der Waals surface area contributed by atoms with Crippen molar-refractivity contribution in [2.24, 2.45) is 0 Å². The molecule has 3 rings (SSSR count). The van der Waals surface area contributed by atoms with Crippen molar-refractivity contribution in [2.75, 3.05) is 17.2 Å². The van der Waals surface area contributed by atoms with Crippen LogP contribution in [0.4, 0.5) is 22.7 Å². The van der Waals surface area contributed by atoms with E-state index < -0.39 is 0 Å². The van der Waals surface area contributed by atoms with E-state index in [2.05, 4.69) is 17.6 Å². The van der Waals surface area contributed by atoms with E-state index >= 15 is 0 Å². The molecule has 0 unspecified atom stereocenters. The van der Waals surface area contributed by atoms with E-state index in [4.69, 9.17) is 4.74 Å². The van der Waals surface area contributed by atoms with Gasteiger partial charge in [-0.25, -0.2) is 0 Å². The lowest BCUT2D eigenvalue weighted by Gasteiger charge is -2.10. The average Bonchev–Trinajstić information content (AvgIpc) is 2.65. The van der Waals surface area contributed by atoms with Crippen LogP contribution in [0.5, 0.6) is 11.5 Å². The third-order valence-corrected chi connectivity index (χ3v) is 3.66. The van der Waals surface area contributed by atoms with Gasteiger partial charge in [0.1, 0.15) is 11.5 Å². The van der Waals surface area contributed by atoms with Crippen molar-refractivity contribution in [1.82, 2.24) is 0 Å². The summed E-state index contributed by atoms with van der Waals surface area (Å²) in [6.07, 6.45) is 1.00. The topological polar surface area (TPSA) is 53.5 Å². The van der Waals surface area contributed by atoms with E-state index in [1.165, 1.54) is 0 Å². The normalized spacial score (nSPS) is 10.3. The second-order valence-electron chi connectivity index (χ2n) is 5.75. The first-order chi connectivity index (χ1) is 12.2. The molecule has 4 nitrogen and oxygen atoms in total. The number of hydrogen-bond donors (Lipinski definition) is 3. The van der Waals surface area contributed by atoms with E-state index in [0.717, 1.165) is 41.5 Å². The van der Waals surface area contributed by atoms with Crippen molar-refractivity contribution in [3.63, 3.8) is 0 Å². The number of phenolic OH excluding ortho intramolecular Hbond substituents is 1. The minimum absolute atomic E-state index is 0.260. The third-order valence-electron chi connectivity index (χ3n) is 3.66. The molecule has 4 heteroatoms. The highest BCUT2D eigenvalue weighted by Gasteiger charge is 1.99. The number of rotatable bonds is 7. The first-order valence-corrected chi connectivity index (χ1v) is 8.39. The van der Waals surface area contributed by atoms with E-state index in [1.54, 1.807) is 12.1 Å². The fourth-order valence-corrected chi connectivity index (χ4v) is 2.37. The summed E-state index contributed by atoms with van der Waals surface area (Å²) in [6.45, 7) is 2.83. The Labute approximate surface area is 148 Å². The van der Waals surface area contributed by atoms with Crippen LogP contribution < -0.4 is 15.4 Å². The molecule has 0 atom stereocenters. The quantitative estimate of drug-likeness (QED) is 0.487. The largest absolute Gasteiger partial charge is 0.508 e. The van der Waals surface area contributed by atoms with Crippen molar-refractivity contribution < 1.29 is 9.84 Å². The van der Waals surface area contributed by atoms with Crippen LogP contribution in [0.15, 0.2) is 72.8 Å². The van der Waals surface area contributed by atoms with Crippen molar-refractivity contribution in [3.8, 4) is 11.5 Å². The van der Waals surface area contributed by atoms with E-state index in [1.807, 2.05) is 60.7 Å². The lowest BCUT2D eigenvalue weighted by atomic mass is 10.2. The molecule has 0 aliphatic rings. The Hall–Kier alpha value is -3.14. The lowest BCUT2D eigenvalue weighted by Crippen LogP contribution is -1.95. The third kappa shape index (κ3) is 4.91. The Bertz CT molecular complexity index is 782. The monoisotopic (exact) mass is 334 g/mol. The zero-order valence-electron chi connectivity index (χ0n) is 14.2. The van der Waals surface area contributed by atoms with E-state index in [0.29, 0.717) is 0 Å². The Kier molecular flexibility index (Phi) is 5.42. The SMILES string of the molecule is CCCOc1ccc(Nc2ccc(Nc3ccc(O)cc3)cc2)cc1. The molecule has 128 valence electrons. The van der Waals surface area contributed by atoms with Gasteiger partial charge < -0.3 is 20.5 Å². The number of aromatic hydroxyl groups is 1. The summed E-state index contributed by atoms with van der Waals surface area (Å²) in [5.74, 6) is 1.15. The zero-order chi connectivity index (χ0) is 17.5. The van der Waals surface area contributed by atoms with E-state index in [-0.39, 0.29) is 5.75 Å². The van der Waals surface area contributed by atoms with Crippen LogP contribution in [0.25, 0.3) is 0 Å². The molecule has 0 radical (unpaired) electrons. The van der Waals surface area contributed by atoms with Gasteiger partial charge in [0, 0.05) is 22.7 Å². The van der Waals surface area contributed by atoms with Crippen molar-refractivity contribution >= 4 is 22.7 Å². The summed E-state index contributed by atoms with van der Waals surface area (Å²) < 4.78 is 5.59. The highest BCUT2D eigenvalue weighted by molar-refractivity contribution is 5.66. The lowest BCUT2D eigenvalue weighted by molar-refractivity contribution is 0.317. The van der Waals surface area contributed by atoms with Gasteiger partial charge in [0.15, 0.2) is 0 Å². The maximum Gasteiger partial charge on any atom is 0.119 e. The molecule has 0 saturated carbocycles. The molecular weight excluding hydrogens is 312 g/mol. The number of benzene rings is 3. The van der Waals surface area contributed by atoms with Crippen LogP contribution in [-0.2, 0) is 0 Å². The molecule has 0 aliphatic heterocycles. The fourth-order valence-electron chi connectivity index (χ4n) is 2.37. The molecule has 3 aromatic carbocycles. The number of nitrogens with one attached hydrogen (secondary N) is 2. The first-order valence-electron chi connectivity index (χ1n) is 8.39. The van der Waals surface area contributed by atoms with Crippen LogP contribution in [0, 0.1) is 0 Å². The second kappa shape index (κ2) is 8.11. The summed E-state index contributed by atoms with van der Waals surface area (Å²) >= 11 is 0. The van der Waals surface area contributed by atoms with Crippen LogP contribution in [0.3, 0.4) is 0 Å². The minimum atomic E-state index is 0.260. The molecule has 0 saturated heterocycles. The van der Waals surface area contributed by atoms with Gasteiger partial charge in [-0.15, -0.1) is 0 Å². The summed E-state index contributed by atoms with van der Waals surface area (Å²) in [5, 5.41) is 16.0. The predicted molar refractivity (Wildman–Crippen MR) is 103 cm³/mol. The van der Waals surface area contributed by atoms with Crippen molar-refractivity contribution in [1.29, 1.82) is 0 Å². The summed E-state index contributed by atoms with van der Waals surface area (Å²) in [5.41, 5.74) is 3.95. The molecule has 0 spiro atoms. The van der Waals surface area contributed by atoms with Gasteiger partial charge in [0.2, 0.25) is 0 Å². The van der Waals surface area contributed by atoms with E-state index in [9.17, 15) is 5.11 Å². The molecule has 0 aliphatic carbocycles. The molecule has 3 N–H and O–H groups in total. The Balaban J connectivity index is 1.59. The standard InChI is InChI=1S/C21H22N2O2/c1-2-15-25-21-13-9-19(10-14-21)23-17-5-3-16(4-6-17)22-18-7-11-20(24)12-8-18/h3-14,22-24H,2,15H2,1H3. The van der Waals surface area contributed by atoms with Crippen LogP contribution in [0.2, 0.25) is 0 Å². The second-order valence-corrected chi connectivity index (χ2v) is 5.75. The molecule has 3 aromatic rings. The highest BCUT2D eigenvalue weighted by Crippen LogP contribution is 2.24. The van der Waals surface area contributed by atoms with Gasteiger partial charge in [0.05, 0.1) is 6.61 Å². The van der Waals surface area contributed by atoms with Gasteiger partial charge in [0.25, 0.3) is 0 Å².